The second kappa shape index (κ2) is 123. The van der Waals surface area contributed by atoms with Crippen molar-refractivity contribution in [3.8, 4) is 0 Å². The van der Waals surface area contributed by atoms with Crippen LogP contribution in [0.2, 0.25) is 0 Å². The first-order valence-electron chi connectivity index (χ1n) is 0.471. The van der Waals surface area contributed by atoms with Gasteiger partial charge in [-0.2, -0.15) is 0 Å². The van der Waals surface area contributed by atoms with Crippen LogP contribution >= 0.6 is 43.1 Å². The van der Waals surface area contributed by atoms with Crippen LogP contribution in [-0.4, -0.2) is 0 Å². The van der Waals surface area contributed by atoms with Crippen molar-refractivity contribution in [1.29, 1.82) is 0 Å². The molecule has 0 aromatic heterocycles. The third-order valence-corrected chi connectivity index (χ3v) is 0. The number of halogens is 2. The molecule has 2 unspecified atom stereocenters. The van der Waals surface area contributed by atoms with Crippen LogP contribution in [0.15, 0.2) is 0 Å². The second-order valence-corrected chi connectivity index (χ2v) is 0. The summed E-state index contributed by atoms with van der Waals surface area (Å²) < 4.78 is 16.3. The van der Waals surface area contributed by atoms with Gasteiger partial charge in [-0.05, 0) is 0 Å². The summed E-state index contributed by atoms with van der Waals surface area (Å²) in [5.74, 6) is 0. The van der Waals surface area contributed by atoms with Gasteiger partial charge in [-0.1, -0.05) is 9.13 Å². The molecule has 0 rings (SSSR count). The summed E-state index contributed by atoms with van der Waals surface area (Å²) >= 11 is 0. The maximum absolute atomic E-state index is 8.17. The molecule has 0 saturated heterocycles. The van der Waals surface area contributed by atoms with Gasteiger partial charge in [0.05, 0.1) is 0 Å². The van der Waals surface area contributed by atoms with Gasteiger partial charge in [-0.25, -0.2) is 0 Å². The van der Waals surface area contributed by atoms with Crippen LogP contribution in [0.1, 0.15) is 0 Å². The van der Waals surface area contributed by atoms with E-state index in [1.807, 2.05) is 0 Å². The van der Waals surface area contributed by atoms with Crippen molar-refractivity contribution in [3.05, 3.63) is 0 Å². The average Bonchev–Trinajstić information content (AvgIpc) is 1.50. The molecule has 0 N–H and O–H groups in total. The van der Waals surface area contributed by atoms with E-state index in [4.69, 9.17) is 9.13 Å². The Labute approximate surface area is 78.0 Å². The fourth-order valence-electron chi connectivity index (χ4n) is 0. The maximum atomic E-state index is 8.17. The van der Waals surface area contributed by atoms with E-state index in [1.54, 1.807) is 0 Å². The van der Waals surface area contributed by atoms with Gasteiger partial charge in [-0.3, -0.25) is 0 Å². The fourth-order valence-corrected chi connectivity index (χ4v) is 0. The van der Waals surface area contributed by atoms with E-state index < -0.39 is 0 Å². The molecule has 0 aromatic rings. The van der Waals surface area contributed by atoms with Gasteiger partial charge in [-0.15, -0.1) is 24.8 Å². The minimum atomic E-state index is 0. The van der Waals surface area contributed by atoms with Crippen molar-refractivity contribution in [2.45, 2.75) is 0 Å². The molecule has 0 aliphatic carbocycles. The third-order valence-electron chi connectivity index (χ3n) is 0. The van der Waals surface area contributed by atoms with Crippen molar-refractivity contribution in [3.63, 3.8) is 0 Å². The van der Waals surface area contributed by atoms with Crippen molar-refractivity contribution < 1.29 is 35.3 Å². The van der Waals surface area contributed by atoms with Gasteiger partial charge in [0.25, 0.3) is 0 Å². The first kappa shape index (κ1) is 37.9. The van der Waals surface area contributed by atoms with E-state index in [2.05, 4.69) is 0 Å². The molecule has 0 spiro atoms. The third kappa shape index (κ3) is 88.9. The van der Waals surface area contributed by atoms with Crippen LogP contribution in [0.5, 0.6) is 0 Å². The first-order chi connectivity index (χ1) is 2.00. The summed E-state index contributed by atoms with van der Waals surface area (Å²) in [5.41, 5.74) is 0. The smallest absolute Gasteiger partial charge is 0.147 e. The number of rotatable bonds is 0. The number of hydrogen-bond donors (Lipinski definition) is 0. The quantitative estimate of drug-likeness (QED) is 0.616. The van der Waals surface area contributed by atoms with Crippen LogP contribution < -0.4 is 0 Å². The first-order valence-corrected chi connectivity index (χ1v) is 1.41. The molecule has 2 nitrogen and oxygen atoms in total. The van der Waals surface area contributed by atoms with Crippen LogP contribution in [0, 0.1) is 0 Å². The zero-order valence-corrected chi connectivity index (χ0v) is 9.69. The Balaban J connectivity index is -0.00000000267. The average molecular weight is 262 g/mol. The van der Waals surface area contributed by atoms with Gasteiger partial charge in [0.15, 0.2) is 0 Å². The van der Waals surface area contributed by atoms with Gasteiger partial charge >= 0.3 is 18.2 Å². The van der Waals surface area contributed by atoms with E-state index in [9.17, 15) is 0 Å². The summed E-state index contributed by atoms with van der Waals surface area (Å²) in [6, 6.07) is 0. The Morgan fingerprint density at radius 1 is 0.714 bits per heavy atom. The molecule has 44 valence electrons. The molecule has 0 saturated carbocycles. The summed E-state index contributed by atoms with van der Waals surface area (Å²) in [7, 11) is 2.33. The predicted molar refractivity (Wildman–Crippen MR) is 35.3 cm³/mol. The SMILES string of the molecule is Cl.Cl.O=[PH2+].O=[PH2+].[Zr]. The van der Waals surface area contributed by atoms with E-state index in [0.717, 1.165) is 0 Å². The number of hydrogen-bond acceptors (Lipinski definition) is 2. The summed E-state index contributed by atoms with van der Waals surface area (Å²) in [4.78, 5) is 0. The van der Waals surface area contributed by atoms with Gasteiger partial charge < -0.3 is 0 Å². The van der Waals surface area contributed by atoms with Crippen molar-refractivity contribution in [2.75, 3.05) is 0 Å². The minimum absolute atomic E-state index is 0. The predicted octanol–water partition coefficient (Wildman–Crippen LogP) is 1.26. The Morgan fingerprint density at radius 3 is 0.714 bits per heavy atom. The molecule has 0 aliphatic heterocycles. The molecule has 0 amide bonds. The Hall–Kier alpha value is 1.66. The monoisotopic (exact) mass is 260 g/mol. The van der Waals surface area contributed by atoms with E-state index in [0.29, 0.717) is 0 Å². The molecule has 2 atom stereocenters. The minimum Gasteiger partial charge on any atom is -0.147 e. The molecule has 0 fully saturated rings. The summed E-state index contributed by atoms with van der Waals surface area (Å²) in [6.45, 7) is 0. The van der Waals surface area contributed by atoms with E-state index in [-0.39, 0.29) is 51.0 Å². The molecular weight excluding hydrogens is 256 g/mol. The zero-order chi connectivity index (χ0) is 4.00. The van der Waals surface area contributed by atoms with Crippen molar-refractivity contribution >= 4 is 43.1 Å². The topological polar surface area (TPSA) is 34.1 Å². The molecule has 0 bridgehead atoms. The summed E-state index contributed by atoms with van der Waals surface area (Å²) in [5, 5.41) is 0. The van der Waals surface area contributed by atoms with Crippen LogP contribution in [0.25, 0.3) is 0 Å². The molecule has 0 aromatic carbocycles. The summed E-state index contributed by atoms with van der Waals surface area (Å²) in [6.07, 6.45) is 0. The van der Waals surface area contributed by atoms with E-state index in [1.165, 1.54) is 18.2 Å². The Bertz CT molecular complexity index is 15.7. The van der Waals surface area contributed by atoms with E-state index >= 15 is 0 Å². The normalized spacial score (nSPS) is 1.14. The fraction of sp³-hybridized carbons (Fsp3) is 0. The van der Waals surface area contributed by atoms with Crippen LogP contribution in [0.3, 0.4) is 0 Å². The van der Waals surface area contributed by atoms with Crippen LogP contribution in [-0.2, 0) is 35.3 Å². The largest absolute Gasteiger partial charge is 0.310 e. The molecular formula is H6Cl2O2P2Zr+2. The standard InChI is InChI=1S/2ClH.2H2OP.Zr/c;;2*1-2;/h2*1H;2*2H2;/q;;2*+1;. The maximum Gasteiger partial charge on any atom is 0.310 e. The Morgan fingerprint density at radius 2 is 0.714 bits per heavy atom. The molecule has 7 heavy (non-hydrogen) atoms. The van der Waals surface area contributed by atoms with Gasteiger partial charge in [0.2, 0.25) is 0 Å². The second-order valence-electron chi connectivity index (χ2n) is 0. The van der Waals surface area contributed by atoms with Crippen LogP contribution in [0.4, 0.5) is 0 Å². The van der Waals surface area contributed by atoms with Crippen molar-refractivity contribution in [1.82, 2.24) is 0 Å². The molecule has 7 heteroatoms. The molecule has 0 aliphatic rings. The van der Waals surface area contributed by atoms with Crippen molar-refractivity contribution in [2.24, 2.45) is 0 Å². The van der Waals surface area contributed by atoms with Gasteiger partial charge in [0, 0.05) is 26.2 Å². The molecule has 0 radical (unpaired) electrons. The zero-order valence-electron chi connectivity index (χ0n) is 3.29. The molecule has 0 heterocycles. The van der Waals surface area contributed by atoms with Gasteiger partial charge in [0.1, 0.15) is 0 Å². The Kier molecular flexibility index (Phi) is 666.